The van der Waals surface area contributed by atoms with Crippen LogP contribution in [0.5, 0.6) is 5.75 Å². The van der Waals surface area contributed by atoms with Crippen molar-refractivity contribution in [3.05, 3.63) is 89.0 Å². The third kappa shape index (κ3) is 11.7. The van der Waals surface area contributed by atoms with E-state index in [1.165, 1.54) is 23.8 Å². The van der Waals surface area contributed by atoms with Gasteiger partial charge in [0.25, 0.3) is 0 Å². The number of unbranched alkanes of at least 4 members (excludes halogenated alkanes) is 4. The van der Waals surface area contributed by atoms with E-state index in [9.17, 15) is 38.9 Å². The van der Waals surface area contributed by atoms with Gasteiger partial charge in [0.2, 0.25) is 5.78 Å². The molecule has 6 aliphatic rings. The van der Waals surface area contributed by atoms with Crippen LogP contribution in [-0.2, 0) is 50.9 Å². The van der Waals surface area contributed by atoms with E-state index < -0.39 is 74.0 Å². The maximum Gasteiger partial charge on any atom is 0.524 e. The number of benzene rings is 2. The summed E-state index contributed by atoms with van der Waals surface area (Å²) in [5.41, 5.74) is -0.0431. The molecule has 2 aromatic rings. The summed E-state index contributed by atoms with van der Waals surface area (Å²) in [7, 11) is -5.03. The molecule has 1 saturated heterocycles. The third-order valence-electron chi connectivity index (χ3n) is 16.6. The summed E-state index contributed by atoms with van der Waals surface area (Å²) in [6.07, 6.45) is 15.4. The molecule has 1 unspecified atom stereocenters. The molecule has 1 aliphatic heterocycles. The lowest BCUT2D eigenvalue weighted by molar-refractivity contribution is -0.209. The molecule has 15 nitrogen and oxygen atoms in total. The van der Waals surface area contributed by atoms with Gasteiger partial charge in [0.05, 0.1) is 18.3 Å². The molecule has 0 bridgehead atoms. The molecular weight excluding hydrogens is 918 g/mol. The predicted octanol–water partition coefficient (Wildman–Crippen LogP) is 8.55. The van der Waals surface area contributed by atoms with Crippen LogP contribution in [0.3, 0.4) is 0 Å². The summed E-state index contributed by atoms with van der Waals surface area (Å²) in [6, 6.07) is 14.7. The molecule has 2 aromatic carbocycles. The first kappa shape index (κ1) is 52.6. The van der Waals surface area contributed by atoms with Gasteiger partial charge in [-0.2, -0.15) is 0 Å². The van der Waals surface area contributed by atoms with E-state index in [2.05, 4.69) is 36.5 Å². The van der Waals surface area contributed by atoms with Crippen LogP contribution in [0.25, 0.3) is 0 Å². The Hall–Kier alpha value is -3.76. The van der Waals surface area contributed by atoms with Crippen LogP contribution in [0.1, 0.15) is 133 Å². The minimum absolute atomic E-state index is 0.0109. The standard InChI is InChI=1S/C54H74NO14P/c1-52-25-24-41(56)30-40(52)21-22-42-43-31-48-54(53(43,2)32-44(57)49(42)52,68-50(67-48)37-18-9-6-10-19-37)47(59)35-66-51(60)65-34-39-29-38(20-23-46(39)69-70(61,62)63)45(58)33-55-26-12-3-4-13-27-64-28-14-11-17-36-15-7-5-8-16-36/h5,7-8,15-16,20,23-25,29-30,37,42-45,48-50,55,57-58H,3-4,6,9-14,17-19,21-22,26-28,31-35H2,1-2H3,(H2,61,62,63)/t42-,43-,44-,45+,48?,49+,50+,52-,53-,54+/m0/s1. The third-order valence-corrected chi connectivity index (χ3v) is 17.1. The average Bonchev–Trinajstić information content (AvgIpc) is 3.85. The van der Waals surface area contributed by atoms with Crippen molar-refractivity contribution in [2.75, 3.05) is 32.9 Å². The first-order valence-corrected chi connectivity index (χ1v) is 27.3. The van der Waals surface area contributed by atoms with Gasteiger partial charge in [-0.3, -0.25) is 19.4 Å². The molecule has 4 saturated carbocycles. The number of fused-ring (bicyclic) bond motifs is 7. The molecule has 1 heterocycles. The Balaban J connectivity index is 0.842. The number of ketones is 2. The average molecular weight is 992 g/mol. The SMILES string of the molecule is C[C@]12C=CC(=O)C=C1CC[C@@H]1[C@@H]2[C@@H](O)C[C@@]2(C)[C@H]1CC1O[C@@H](C3CCCCC3)O[C@]12C(=O)COC(=O)OCc1cc([C@H](O)CNCCCCCCOCCCCc2ccccc2)ccc1OP(=O)(O)O. The fourth-order valence-electron chi connectivity index (χ4n) is 13.2. The topological polar surface area (TPSA) is 217 Å². The molecule has 5 fully saturated rings. The van der Waals surface area contributed by atoms with Gasteiger partial charge < -0.3 is 43.7 Å². The number of hydrogen-bond donors (Lipinski definition) is 5. The number of phosphoric acid groups is 1. The molecule has 384 valence electrons. The van der Waals surface area contributed by atoms with Crippen LogP contribution in [-0.4, -0.2) is 94.7 Å². The van der Waals surface area contributed by atoms with Crippen LogP contribution in [0.4, 0.5) is 4.79 Å². The van der Waals surface area contributed by atoms with Crippen molar-refractivity contribution >= 4 is 25.5 Å². The van der Waals surface area contributed by atoms with Gasteiger partial charge in [-0.25, -0.2) is 9.36 Å². The lowest BCUT2D eigenvalue weighted by Crippen LogP contribution is -2.63. The van der Waals surface area contributed by atoms with Crippen molar-refractivity contribution in [3.8, 4) is 5.75 Å². The number of aryl methyl sites for hydroxylation is 1. The Morgan fingerprint density at radius 2 is 1.70 bits per heavy atom. The van der Waals surface area contributed by atoms with Gasteiger partial charge in [0, 0.05) is 48.0 Å². The molecule has 8 rings (SSSR count). The smallest absolute Gasteiger partial charge is 0.429 e. The lowest BCUT2D eigenvalue weighted by atomic mass is 9.46. The van der Waals surface area contributed by atoms with Crippen molar-refractivity contribution in [3.63, 3.8) is 0 Å². The van der Waals surface area contributed by atoms with Crippen molar-refractivity contribution < 1.29 is 67.2 Å². The lowest BCUT2D eigenvalue weighted by Gasteiger charge is -2.59. The number of hydrogen-bond acceptors (Lipinski definition) is 13. The van der Waals surface area contributed by atoms with Crippen LogP contribution in [0.2, 0.25) is 0 Å². The van der Waals surface area contributed by atoms with E-state index in [0.29, 0.717) is 24.9 Å². The van der Waals surface area contributed by atoms with E-state index in [1.807, 2.05) is 19.1 Å². The molecular formula is C54H74NO14P. The van der Waals surface area contributed by atoms with Crippen LogP contribution in [0, 0.1) is 34.5 Å². The maximum absolute atomic E-state index is 14.9. The minimum Gasteiger partial charge on any atom is -0.429 e. The zero-order valence-corrected chi connectivity index (χ0v) is 41.7. The summed E-state index contributed by atoms with van der Waals surface area (Å²) < 4.78 is 47.3. The Labute approximate surface area is 412 Å². The summed E-state index contributed by atoms with van der Waals surface area (Å²) in [4.78, 5) is 59.9. The van der Waals surface area contributed by atoms with Gasteiger partial charge in [-0.05, 0) is 124 Å². The van der Waals surface area contributed by atoms with E-state index in [0.717, 1.165) is 102 Å². The molecule has 70 heavy (non-hydrogen) atoms. The van der Waals surface area contributed by atoms with Gasteiger partial charge in [-0.15, -0.1) is 0 Å². The van der Waals surface area contributed by atoms with Crippen LogP contribution < -0.4 is 9.84 Å². The highest BCUT2D eigenvalue weighted by atomic mass is 31.2. The summed E-state index contributed by atoms with van der Waals surface area (Å²) in [5.74, 6) is -0.900. The van der Waals surface area contributed by atoms with E-state index in [4.69, 9.17) is 28.2 Å². The number of aliphatic hydroxyl groups is 2. The molecule has 0 spiro atoms. The molecule has 0 amide bonds. The number of allylic oxidation sites excluding steroid dienone is 4. The van der Waals surface area contributed by atoms with Crippen LogP contribution >= 0.6 is 7.82 Å². The molecule has 5 aliphatic carbocycles. The Morgan fingerprint density at radius 3 is 2.47 bits per heavy atom. The zero-order chi connectivity index (χ0) is 49.5. The van der Waals surface area contributed by atoms with Crippen LogP contribution in [0.15, 0.2) is 72.3 Å². The first-order valence-electron chi connectivity index (χ1n) is 25.8. The largest absolute Gasteiger partial charge is 0.524 e. The number of nitrogens with one attached hydrogen (secondary N) is 1. The number of ether oxygens (including phenoxy) is 5. The molecule has 16 heteroatoms. The van der Waals surface area contributed by atoms with Gasteiger partial charge >= 0.3 is 14.0 Å². The fraction of sp³-hybridized carbons (Fsp3) is 0.648. The zero-order valence-electron chi connectivity index (χ0n) is 40.8. The van der Waals surface area contributed by atoms with E-state index in [-0.39, 0.29) is 53.7 Å². The number of aliphatic hydroxyl groups excluding tert-OH is 2. The monoisotopic (exact) mass is 991 g/mol. The normalized spacial score (nSPS) is 30.9. The predicted molar refractivity (Wildman–Crippen MR) is 259 cm³/mol. The number of carbonyl (C=O) groups is 3. The Morgan fingerprint density at radius 1 is 0.943 bits per heavy atom. The molecule has 0 radical (unpaired) electrons. The van der Waals surface area contributed by atoms with Crippen molar-refractivity contribution in [1.82, 2.24) is 5.32 Å². The van der Waals surface area contributed by atoms with Gasteiger partial charge in [0.15, 0.2) is 24.3 Å². The minimum atomic E-state index is -5.03. The Kier molecular flexibility index (Phi) is 17.3. The molecule has 5 N–H and O–H groups in total. The first-order chi connectivity index (χ1) is 33.6. The Bertz CT molecular complexity index is 2240. The summed E-state index contributed by atoms with van der Waals surface area (Å²) >= 11 is 0. The quantitative estimate of drug-likeness (QED) is 0.0401. The maximum atomic E-state index is 14.9. The number of phosphoric ester groups is 1. The van der Waals surface area contributed by atoms with Gasteiger partial charge in [-0.1, -0.05) is 94.0 Å². The van der Waals surface area contributed by atoms with Gasteiger partial charge in [0.1, 0.15) is 12.4 Å². The number of carbonyl (C=O) groups excluding carboxylic acids is 3. The van der Waals surface area contributed by atoms with Crippen molar-refractivity contribution in [1.29, 1.82) is 0 Å². The second kappa shape index (κ2) is 23.0. The summed E-state index contributed by atoms with van der Waals surface area (Å²) in [6.45, 7) is 5.26. The number of Topliss-reactive ketones (excluding diaryl/α,β-unsaturated/α-hetero) is 1. The van der Waals surface area contributed by atoms with Crippen molar-refractivity contribution in [2.45, 2.75) is 153 Å². The van der Waals surface area contributed by atoms with E-state index >= 15 is 0 Å². The highest BCUT2D eigenvalue weighted by Gasteiger charge is 2.76. The fourth-order valence-corrected chi connectivity index (χ4v) is 13.6. The van der Waals surface area contributed by atoms with Crippen molar-refractivity contribution in [2.24, 2.45) is 34.5 Å². The number of rotatable bonds is 23. The van der Waals surface area contributed by atoms with E-state index in [1.54, 1.807) is 12.2 Å². The molecule has 10 atom stereocenters. The second-order valence-corrected chi connectivity index (χ2v) is 22.2. The highest BCUT2D eigenvalue weighted by molar-refractivity contribution is 7.46. The summed E-state index contributed by atoms with van der Waals surface area (Å²) in [5, 5.41) is 26.5. The highest BCUT2D eigenvalue weighted by Crippen LogP contribution is 2.70. The second-order valence-electron chi connectivity index (χ2n) is 21.1. The molecule has 0 aromatic heterocycles.